The molecule has 0 spiro atoms. The molecule has 0 aromatic rings. The van der Waals surface area contributed by atoms with Crippen LogP contribution in [0.5, 0.6) is 0 Å². The zero-order valence-corrected chi connectivity index (χ0v) is 10.3. The van der Waals surface area contributed by atoms with Crippen molar-refractivity contribution in [3.8, 4) is 0 Å². The van der Waals surface area contributed by atoms with E-state index in [1.807, 2.05) is 0 Å². The van der Waals surface area contributed by atoms with Crippen molar-refractivity contribution in [1.29, 1.82) is 0 Å². The van der Waals surface area contributed by atoms with Gasteiger partial charge in [-0.2, -0.15) is 8.42 Å². The van der Waals surface area contributed by atoms with E-state index in [-0.39, 0.29) is 12.2 Å². The molecule has 2 aliphatic rings. The molecule has 1 saturated heterocycles. The fourth-order valence-electron chi connectivity index (χ4n) is 2.17. The number of carbonyl (C=O) groups is 2. The molecule has 2 atom stereocenters. The molecule has 0 saturated carbocycles. The summed E-state index contributed by atoms with van der Waals surface area (Å²) in [4.78, 5) is 23.6. The number of rotatable bonds is 3. The van der Waals surface area contributed by atoms with Crippen molar-refractivity contribution in [2.45, 2.75) is 24.9 Å². The van der Waals surface area contributed by atoms with Gasteiger partial charge in [0.25, 0.3) is 0 Å². The summed E-state index contributed by atoms with van der Waals surface area (Å²) in [6, 6.07) is -1.12. The van der Waals surface area contributed by atoms with Crippen molar-refractivity contribution in [3.05, 3.63) is 11.5 Å². The van der Waals surface area contributed by atoms with Crippen LogP contribution in [0, 0.1) is 0 Å². The minimum atomic E-state index is -3.83. The van der Waals surface area contributed by atoms with Gasteiger partial charge < -0.3 is 15.0 Å². The third kappa shape index (κ3) is 1.95. The highest BCUT2D eigenvalue weighted by molar-refractivity contribution is 7.86. The van der Waals surface area contributed by atoms with E-state index in [0.717, 1.165) is 11.2 Å². The second-order valence-corrected chi connectivity index (χ2v) is 5.78. The van der Waals surface area contributed by atoms with Crippen LogP contribution in [0.25, 0.3) is 0 Å². The highest BCUT2D eigenvalue weighted by Gasteiger charge is 2.51. The molecule has 2 rings (SSSR count). The van der Waals surface area contributed by atoms with Crippen LogP contribution in [0.4, 0.5) is 0 Å². The highest BCUT2D eigenvalue weighted by atomic mass is 32.2. The first-order chi connectivity index (χ1) is 8.22. The molecule has 18 heavy (non-hydrogen) atoms. The third-order valence-corrected chi connectivity index (χ3v) is 3.40. The Balaban J connectivity index is 2.41. The number of β-lactam (4-membered cyclic amide) rings is 1. The summed E-state index contributed by atoms with van der Waals surface area (Å²) in [7, 11) is -3.83. The Morgan fingerprint density at radius 2 is 2.17 bits per heavy atom. The molecule has 1 amide bonds. The third-order valence-electron chi connectivity index (χ3n) is 2.90. The molecule has 3 N–H and O–H groups in total. The Kier molecular flexibility index (Phi) is 2.82. The number of aliphatic carboxylic acids is 1. The summed E-state index contributed by atoms with van der Waals surface area (Å²) in [6.45, 7) is 0. The fraction of sp³-hybridized carbons (Fsp3) is 0.556. The Morgan fingerprint density at radius 3 is 2.67 bits per heavy atom. The molecular formula is C9H12N2O6S. The number of carboxylic acid groups (broad SMARTS) is 1. The summed E-state index contributed by atoms with van der Waals surface area (Å²) in [5.74, 6) is -2.16. The smallest absolute Gasteiger partial charge is 0.356 e. The van der Waals surface area contributed by atoms with Gasteiger partial charge in [0.1, 0.15) is 6.04 Å². The molecule has 100 valence electrons. The lowest BCUT2D eigenvalue weighted by atomic mass is 9.86. The van der Waals surface area contributed by atoms with Crippen molar-refractivity contribution < 1.29 is 27.3 Å². The van der Waals surface area contributed by atoms with E-state index in [9.17, 15) is 18.0 Å². The predicted octanol–water partition coefficient (Wildman–Crippen LogP) is -1.41. The van der Waals surface area contributed by atoms with Gasteiger partial charge in [0, 0.05) is 6.42 Å². The van der Waals surface area contributed by atoms with Crippen LogP contribution in [0.1, 0.15) is 12.8 Å². The van der Waals surface area contributed by atoms with Crippen molar-refractivity contribution in [3.63, 3.8) is 0 Å². The average molecular weight is 276 g/mol. The normalized spacial score (nSPS) is 27.7. The fourth-order valence-corrected chi connectivity index (χ4v) is 2.70. The lowest BCUT2D eigenvalue weighted by molar-refractivity contribution is -0.153. The standard InChI is InChI=1S/C9H12N2O6S/c1-18(15,16)17-5-3-2-4-6(10)8(12)11(4)7(5)9(13)14/h4,6H,2-3,10H2,1H3,(H,13,14). The summed E-state index contributed by atoms with van der Waals surface area (Å²) < 4.78 is 26.7. The second-order valence-electron chi connectivity index (χ2n) is 4.20. The minimum absolute atomic E-state index is 0.122. The number of fused-ring (bicyclic) bond motifs is 1. The Labute approximate surface area is 103 Å². The molecule has 2 aliphatic heterocycles. The van der Waals surface area contributed by atoms with Crippen LogP contribution in [-0.4, -0.2) is 48.6 Å². The topological polar surface area (TPSA) is 127 Å². The number of carboxylic acids is 1. The van der Waals surface area contributed by atoms with Gasteiger partial charge in [-0.05, 0) is 6.42 Å². The second kappa shape index (κ2) is 3.95. The molecule has 9 heteroatoms. The number of hydrogen-bond donors (Lipinski definition) is 2. The van der Waals surface area contributed by atoms with E-state index in [1.165, 1.54) is 0 Å². The van der Waals surface area contributed by atoms with E-state index >= 15 is 0 Å². The number of nitrogens with two attached hydrogens (primary N) is 1. The Morgan fingerprint density at radius 1 is 1.56 bits per heavy atom. The number of nitrogens with zero attached hydrogens (tertiary/aromatic N) is 1. The maximum Gasteiger partial charge on any atom is 0.356 e. The van der Waals surface area contributed by atoms with Crippen LogP contribution >= 0.6 is 0 Å². The van der Waals surface area contributed by atoms with Gasteiger partial charge in [0.05, 0.1) is 12.3 Å². The Hall–Kier alpha value is -1.61. The number of amides is 1. The summed E-state index contributed by atoms with van der Waals surface area (Å²) in [5, 5.41) is 9.06. The molecular weight excluding hydrogens is 264 g/mol. The molecule has 2 heterocycles. The van der Waals surface area contributed by atoms with E-state index in [2.05, 4.69) is 4.18 Å². The molecule has 1 fully saturated rings. The predicted molar refractivity (Wildman–Crippen MR) is 58.4 cm³/mol. The molecule has 0 aromatic heterocycles. The first-order valence-electron chi connectivity index (χ1n) is 5.17. The largest absolute Gasteiger partial charge is 0.476 e. The molecule has 8 nitrogen and oxygen atoms in total. The van der Waals surface area contributed by atoms with E-state index in [4.69, 9.17) is 10.8 Å². The molecule has 0 aliphatic carbocycles. The quantitative estimate of drug-likeness (QED) is 0.479. The van der Waals surface area contributed by atoms with Crippen LogP contribution in [0.15, 0.2) is 11.5 Å². The molecule has 0 bridgehead atoms. The molecule has 2 unspecified atom stereocenters. The van der Waals surface area contributed by atoms with Crippen LogP contribution in [0.3, 0.4) is 0 Å². The maximum absolute atomic E-state index is 11.5. The number of hydrogen-bond acceptors (Lipinski definition) is 6. The molecule has 0 aromatic carbocycles. The van der Waals surface area contributed by atoms with Gasteiger partial charge in [-0.25, -0.2) is 4.79 Å². The summed E-state index contributed by atoms with van der Waals surface area (Å²) in [6.07, 6.45) is 1.32. The van der Waals surface area contributed by atoms with Crippen molar-refractivity contribution in [2.24, 2.45) is 5.73 Å². The maximum atomic E-state index is 11.5. The van der Waals surface area contributed by atoms with Crippen molar-refractivity contribution >= 4 is 22.0 Å². The van der Waals surface area contributed by atoms with Gasteiger partial charge in [0.15, 0.2) is 11.5 Å². The number of carbonyl (C=O) groups excluding carboxylic acids is 1. The van der Waals surface area contributed by atoms with Crippen molar-refractivity contribution in [2.75, 3.05) is 6.26 Å². The zero-order chi connectivity index (χ0) is 13.7. The van der Waals surface area contributed by atoms with Crippen molar-refractivity contribution in [1.82, 2.24) is 4.90 Å². The van der Waals surface area contributed by atoms with Gasteiger partial charge in [-0.15, -0.1) is 0 Å². The first-order valence-corrected chi connectivity index (χ1v) is 6.98. The Bertz CT molecular complexity index is 551. The summed E-state index contributed by atoms with van der Waals surface area (Å²) >= 11 is 0. The van der Waals surface area contributed by atoms with E-state index < -0.39 is 39.8 Å². The lowest BCUT2D eigenvalue weighted by Gasteiger charge is -2.48. The number of allylic oxidation sites excluding steroid dienone is 1. The highest BCUT2D eigenvalue weighted by Crippen LogP contribution is 2.36. The van der Waals surface area contributed by atoms with Gasteiger partial charge >= 0.3 is 16.1 Å². The molecule has 0 radical (unpaired) electrons. The van der Waals surface area contributed by atoms with Gasteiger partial charge in [-0.1, -0.05) is 0 Å². The van der Waals surface area contributed by atoms with Crippen LogP contribution in [0.2, 0.25) is 0 Å². The monoisotopic (exact) mass is 276 g/mol. The van der Waals surface area contributed by atoms with E-state index in [1.54, 1.807) is 0 Å². The van der Waals surface area contributed by atoms with Crippen LogP contribution < -0.4 is 5.73 Å². The minimum Gasteiger partial charge on any atom is -0.476 e. The summed E-state index contributed by atoms with van der Waals surface area (Å²) in [5.41, 5.74) is 5.12. The van der Waals surface area contributed by atoms with Gasteiger partial charge in [0.2, 0.25) is 5.91 Å². The van der Waals surface area contributed by atoms with Crippen LogP contribution in [-0.2, 0) is 23.9 Å². The van der Waals surface area contributed by atoms with E-state index in [0.29, 0.717) is 6.42 Å². The lowest BCUT2D eigenvalue weighted by Crippen LogP contribution is -2.69. The first kappa shape index (κ1) is 12.8. The zero-order valence-electron chi connectivity index (χ0n) is 9.49. The SMILES string of the molecule is CS(=O)(=O)OC1=C(C(=O)O)N2C(=O)C(N)C2CC1. The van der Waals surface area contributed by atoms with Gasteiger partial charge in [-0.3, -0.25) is 9.69 Å². The average Bonchev–Trinajstić information content (AvgIpc) is 2.24.